The molecule has 0 unspecified atom stereocenters. The molecule has 1 N–H and O–H groups in total. The number of nitrogens with one attached hydrogen (secondary N) is 1. The van der Waals surface area contributed by atoms with Crippen molar-refractivity contribution in [3.8, 4) is 11.3 Å². The van der Waals surface area contributed by atoms with Gasteiger partial charge in [0.25, 0.3) is 0 Å². The number of hydrogen-bond donors (Lipinski definition) is 1. The van der Waals surface area contributed by atoms with E-state index < -0.39 is 0 Å². The lowest BCUT2D eigenvalue weighted by Crippen LogP contribution is -2.39. The molecule has 7 nitrogen and oxygen atoms in total. The number of amides is 2. The van der Waals surface area contributed by atoms with Crippen LogP contribution in [0.3, 0.4) is 0 Å². The molecule has 31 heavy (non-hydrogen) atoms. The smallest absolute Gasteiger partial charge is 0.318 e. The second kappa shape index (κ2) is 9.73. The number of piperidine rings is 1. The Morgan fingerprint density at radius 3 is 2.61 bits per heavy atom. The van der Waals surface area contributed by atoms with Crippen LogP contribution in [-0.2, 0) is 13.1 Å². The van der Waals surface area contributed by atoms with E-state index in [1.54, 1.807) is 11.2 Å². The van der Waals surface area contributed by atoms with Gasteiger partial charge in [0, 0.05) is 25.2 Å². The van der Waals surface area contributed by atoms with Crippen LogP contribution in [0.1, 0.15) is 38.0 Å². The Morgan fingerprint density at radius 2 is 1.94 bits per heavy atom. The molecule has 164 valence electrons. The highest BCUT2D eigenvalue weighted by Gasteiger charge is 2.28. The van der Waals surface area contributed by atoms with Crippen LogP contribution in [-0.4, -0.2) is 35.7 Å². The molecule has 0 radical (unpaired) electrons. The lowest BCUT2D eigenvalue weighted by atomic mass is 9.98. The van der Waals surface area contributed by atoms with E-state index in [0.29, 0.717) is 25.6 Å². The summed E-state index contributed by atoms with van der Waals surface area (Å²) in [6.45, 7) is 7.36. The van der Waals surface area contributed by atoms with Gasteiger partial charge in [-0.05, 0) is 37.8 Å². The summed E-state index contributed by atoms with van der Waals surface area (Å²) in [6, 6.07) is 13.6. The van der Waals surface area contributed by atoms with Gasteiger partial charge in [0.05, 0.1) is 24.9 Å². The normalized spacial score (nSPS) is 14.6. The SMILES string of the molecule is CCNC(=O)N(Cc1ccco1)Cc1c(-c2ccccc2)noc1N1CCC(C)CC1. The molecule has 0 aliphatic carbocycles. The summed E-state index contributed by atoms with van der Waals surface area (Å²) in [4.78, 5) is 16.9. The Labute approximate surface area is 183 Å². The molecule has 3 aromatic rings. The van der Waals surface area contributed by atoms with Crippen molar-refractivity contribution < 1.29 is 13.7 Å². The summed E-state index contributed by atoms with van der Waals surface area (Å²) < 4.78 is 11.4. The van der Waals surface area contributed by atoms with Crippen molar-refractivity contribution in [2.24, 2.45) is 5.92 Å². The molecule has 0 spiro atoms. The molecule has 1 fully saturated rings. The molecular formula is C24H30N4O3. The monoisotopic (exact) mass is 422 g/mol. The number of urea groups is 1. The van der Waals surface area contributed by atoms with E-state index in [1.807, 2.05) is 49.4 Å². The summed E-state index contributed by atoms with van der Waals surface area (Å²) in [5.41, 5.74) is 2.69. The van der Waals surface area contributed by atoms with Crippen LogP contribution in [0.25, 0.3) is 11.3 Å². The first-order chi connectivity index (χ1) is 15.2. The largest absolute Gasteiger partial charge is 0.467 e. The molecule has 1 aromatic carbocycles. The first-order valence-electron chi connectivity index (χ1n) is 11.0. The van der Waals surface area contributed by atoms with Gasteiger partial charge in [-0.15, -0.1) is 0 Å². The number of carbonyl (C=O) groups excluding carboxylic acids is 1. The molecule has 1 aliphatic rings. The third-order valence-corrected chi connectivity index (χ3v) is 5.78. The second-order valence-electron chi connectivity index (χ2n) is 8.12. The summed E-state index contributed by atoms with van der Waals surface area (Å²) in [5.74, 6) is 2.21. The van der Waals surface area contributed by atoms with Gasteiger partial charge in [0.1, 0.15) is 11.5 Å². The quantitative estimate of drug-likeness (QED) is 0.586. The molecule has 4 rings (SSSR count). The van der Waals surface area contributed by atoms with E-state index in [-0.39, 0.29) is 6.03 Å². The number of furan rings is 1. The molecule has 2 amide bonds. The molecule has 0 bridgehead atoms. The van der Waals surface area contributed by atoms with Crippen LogP contribution >= 0.6 is 0 Å². The number of anilines is 1. The van der Waals surface area contributed by atoms with Gasteiger partial charge >= 0.3 is 6.03 Å². The predicted molar refractivity (Wildman–Crippen MR) is 120 cm³/mol. The van der Waals surface area contributed by atoms with E-state index in [2.05, 4.69) is 22.3 Å². The third-order valence-electron chi connectivity index (χ3n) is 5.78. The number of rotatable bonds is 7. The Morgan fingerprint density at radius 1 is 1.16 bits per heavy atom. The molecule has 0 atom stereocenters. The maximum Gasteiger partial charge on any atom is 0.318 e. The van der Waals surface area contributed by atoms with E-state index in [0.717, 1.165) is 54.4 Å². The first-order valence-corrected chi connectivity index (χ1v) is 11.0. The van der Waals surface area contributed by atoms with Gasteiger partial charge in [0.15, 0.2) is 0 Å². The van der Waals surface area contributed by atoms with Crippen LogP contribution in [0.2, 0.25) is 0 Å². The zero-order chi connectivity index (χ0) is 21.6. The number of aromatic nitrogens is 1. The number of benzene rings is 1. The lowest BCUT2D eigenvalue weighted by molar-refractivity contribution is 0.188. The fourth-order valence-corrected chi connectivity index (χ4v) is 3.97. The average molecular weight is 423 g/mol. The zero-order valence-electron chi connectivity index (χ0n) is 18.2. The first kappa shape index (κ1) is 21.0. The zero-order valence-corrected chi connectivity index (χ0v) is 18.2. The standard InChI is InChI=1S/C24H30N4O3/c1-3-25-24(29)28(16-20-10-7-15-30-20)17-21-22(19-8-5-4-6-9-19)26-31-23(21)27-13-11-18(2)12-14-27/h4-10,15,18H,3,11-14,16-17H2,1-2H3,(H,25,29). The molecule has 1 aliphatic heterocycles. The minimum atomic E-state index is -0.141. The molecular weight excluding hydrogens is 392 g/mol. The number of nitrogens with zero attached hydrogens (tertiary/aromatic N) is 3. The number of carbonyl (C=O) groups is 1. The van der Waals surface area contributed by atoms with Gasteiger partial charge in [-0.25, -0.2) is 4.79 Å². The minimum Gasteiger partial charge on any atom is -0.467 e. The fourth-order valence-electron chi connectivity index (χ4n) is 3.97. The van der Waals surface area contributed by atoms with Crippen LogP contribution in [0, 0.1) is 5.92 Å². The summed E-state index contributed by atoms with van der Waals surface area (Å²) in [7, 11) is 0. The Hall–Kier alpha value is -3.22. The number of hydrogen-bond acceptors (Lipinski definition) is 5. The van der Waals surface area contributed by atoms with Crippen LogP contribution in [0.15, 0.2) is 57.7 Å². The van der Waals surface area contributed by atoms with Crippen molar-refractivity contribution in [2.45, 2.75) is 39.8 Å². The van der Waals surface area contributed by atoms with E-state index >= 15 is 0 Å². The van der Waals surface area contributed by atoms with Crippen molar-refractivity contribution in [2.75, 3.05) is 24.5 Å². The molecule has 0 saturated carbocycles. The Bertz CT molecular complexity index is 960. The topological polar surface area (TPSA) is 74.8 Å². The molecule has 7 heteroatoms. The Kier molecular flexibility index (Phi) is 6.60. The van der Waals surface area contributed by atoms with Crippen molar-refractivity contribution in [1.29, 1.82) is 0 Å². The highest BCUT2D eigenvalue weighted by molar-refractivity contribution is 5.75. The maximum absolute atomic E-state index is 12.9. The molecule has 3 heterocycles. The second-order valence-corrected chi connectivity index (χ2v) is 8.12. The third kappa shape index (κ3) is 4.93. The highest BCUT2D eigenvalue weighted by Crippen LogP contribution is 2.34. The van der Waals surface area contributed by atoms with Gasteiger partial charge in [-0.1, -0.05) is 42.4 Å². The van der Waals surface area contributed by atoms with Crippen LogP contribution in [0.4, 0.5) is 10.7 Å². The van der Waals surface area contributed by atoms with E-state index in [4.69, 9.17) is 8.94 Å². The fraction of sp³-hybridized carbons (Fsp3) is 0.417. The average Bonchev–Trinajstić information content (AvgIpc) is 3.45. The van der Waals surface area contributed by atoms with Gasteiger partial charge < -0.3 is 24.1 Å². The van der Waals surface area contributed by atoms with Gasteiger partial charge in [0.2, 0.25) is 5.88 Å². The van der Waals surface area contributed by atoms with Crippen molar-refractivity contribution in [1.82, 2.24) is 15.4 Å². The van der Waals surface area contributed by atoms with Crippen LogP contribution < -0.4 is 10.2 Å². The van der Waals surface area contributed by atoms with Crippen molar-refractivity contribution in [3.63, 3.8) is 0 Å². The summed E-state index contributed by atoms with van der Waals surface area (Å²) in [5, 5.41) is 7.35. The maximum atomic E-state index is 12.9. The van der Waals surface area contributed by atoms with Crippen molar-refractivity contribution >= 4 is 11.9 Å². The molecule has 1 saturated heterocycles. The van der Waals surface area contributed by atoms with Gasteiger partial charge in [-0.2, -0.15) is 0 Å². The van der Waals surface area contributed by atoms with Crippen molar-refractivity contribution in [3.05, 3.63) is 60.1 Å². The minimum absolute atomic E-state index is 0.141. The molecule has 2 aromatic heterocycles. The van der Waals surface area contributed by atoms with Crippen LogP contribution in [0.5, 0.6) is 0 Å². The summed E-state index contributed by atoms with van der Waals surface area (Å²) >= 11 is 0. The predicted octanol–water partition coefficient (Wildman–Crippen LogP) is 4.90. The highest BCUT2D eigenvalue weighted by atomic mass is 16.5. The summed E-state index contributed by atoms with van der Waals surface area (Å²) in [6.07, 6.45) is 3.86. The Balaban J connectivity index is 1.69. The van der Waals surface area contributed by atoms with Gasteiger partial charge in [-0.3, -0.25) is 0 Å². The lowest BCUT2D eigenvalue weighted by Gasteiger charge is -2.31. The van der Waals surface area contributed by atoms with E-state index in [1.165, 1.54) is 0 Å². The van der Waals surface area contributed by atoms with E-state index in [9.17, 15) is 4.79 Å².